The van der Waals surface area contributed by atoms with E-state index in [2.05, 4.69) is 5.32 Å². The summed E-state index contributed by atoms with van der Waals surface area (Å²) in [7, 11) is 0. The molecule has 0 aliphatic heterocycles. The molecule has 0 radical (unpaired) electrons. The SMILES string of the molecule is CCOc1ccc(-c2cc(=O)c3ccc(NC(=O)Cc4ccc(Cl)cc4)cc3o2)cc1. The molecule has 1 heterocycles. The van der Waals surface area contributed by atoms with Crippen LogP contribution >= 0.6 is 11.6 Å². The molecule has 0 aliphatic carbocycles. The summed E-state index contributed by atoms with van der Waals surface area (Å²) in [6, 6.07) is 20.9. The Hall–Kier alpha value is -3.57. The molecular formula is C25H20ClNO4. The summed E-state index contributed by atoms with van der Waals surface area (Å²) in [5.74, 6) is 1.02. The van der Waals surface area contributed by atoms with Crippen LogP contribution in [0.25, 0.3) is 22.3 Å². The van der Waals surface area contributed by atoms with Gasteiger partial charge in [-0.3, -0.25) is 9.59 Å². The highest BCUT2D eigenvalue weighted by Gasteiger charge is 2.10. The molecule has 0 saturated heterocycles. The normalized spacial score (nSPS) is 10.8. The fourth-order valence-electron chi connectivity index (χ4n) is 3.25. The monoisotopic (exact) mass is 433 g/mol. The van der Waals surface area contributed by atoms with Gasteiger partial charge in [-0.25, -0.2) is 0 Å². The van der Waals surface area contributed by atoms with Crippen molar-refractivity contribution in [3.8, 4) is 17.1 Å². The fourth-order valence-corrected chi connectivity index (χ4v) is 3.38. The van der Waals surface area contributed by atoms with Gasteiger partial charge in [0, 0.05) is 28.4 Å². The van der Waals surface area contributed by atoms with Crippen LogP contribution in [0.15, 0.2) is 82.0 Å². The first kappa shape index (κ1) is 20.7. The molecule has 1 aromatic heterocycles. The van der Waals surface area contributed by atoms with Gasteiger partial charge in [0.2, 0.25) is 5.91 Å². The van der Waals surface area contributed by atoms with Gasteiger partial charge >= 0.3 is 0 Å². The van der Waals surface area contributed by atoms with Gasteiger partial charge in [0.25, 0.3) is 0 Å². The Morgan fingerprint density at radius 2 is 1.74 bits per heavy atom. The standard InChI is InChI=1S/C25H20ClNO4/c1-2-30-20-10-5-17(6-11-20)23-15-22(28)21-12-9-19(14-24(21)31-23)27-25(29)13-16-3-7-18(26)8-4-16/h3-12,14-15H,2,13H2,1H3,(H,27,29). The maximum atomic E-state index is 12.6. The molecule has 1 N–H and O–H groups in total. The summed E-state index contributed by atoms with van der Waals surface area (Å²) in [5, 5.41) is 3.92. The molecule has 156 valence electrons. The Bertz CT molecular complexity index is 1280. The lowest BCUT2D eigenvalue weighted by Gasteiger charge is -2.08. The fraction of sp³-hybridized carbons (Fsp3) is 0.120. The van der Waals surface area contributed by atoms with E-state index < -0.39 is 0 Å². The number of carbonyl (C=O) groups is 1. The largest absolute Gasteiger partial charge is 0.494 e. The second-order valence-corrected chi connectivity index (χ2v) is 7.43. The zero-order valence-electron chi connectivity index (χ0n) is 16.9. The maximum Gasteiger partial charge on any atom is 0.228 e. The Labute approximate surface area is 184 Å². The lowest BCUT2D eigenvalue weighted by atomic mass is 10.1. The van der Waals surface area contributed by atoms with E-state index in [0.717, 1.165) is 16.9 Å². The number of anilines is 1. The van der Waals surface area contributed by atoms with Crippen LogP contribution in [-0.4, -0.2) is 12.5 Å². The van der Waals surface area contributed by atoms with Crippen LogP contribution < -0.4 is 15.5 Å². The molecule has 4 rings (SSSR count). The predicted molar refractivity (Wildman–Crippen MR) is 123 cm³/mol. The number of rotatable bonds is 6. The van der Waals surface area contributed by atoms with Crippen molar-refractivity contribution in [2.45, 2.75) is 13.3 Å². The molecule has 0 aliphatic rings. The van der Waals surface area contributed by atoms with E-state index in [1.807, 2.05) is 43.3 Å². The maximum absolute atomic E-state index is 12.6. The third-order valence-corrected chi connectivity index (χ3v) is 4.99. The van der Waals surface area contributed by atoms with E-state index in [1.54, 1.807) is 30.3 Å². The third kappa shape index (κ3) is 4.95. The number of amides is 1. The molecule has 6 heteroatoms. The van der Waals surface area contributed by atoms with Gasteiger partial charge in [-0.1, -0.05) is 23.7 Å². The van der Waals surface area contributed by atoms with E-state index in [-0.39, 0.29) is 17.8 Å². The van der Waals surface area contributed by atoms with Crippen molar-refractivity contribution in [3.63, 3.8) is 0 Å². The number of halogens is 1. The van der Waals surface area contributed by atoms with Crippen LogP contribution in [0, 0.1) is 0 Å². The van der Waals surface area contributed by atoms with Crippen LogP contribution in [0.3, 0.4) is 0 Å². The summed E-state index contributed by atoms with van der Waals surface area (Å²) >= 11 is 5.88. The summed E-state index contributed by atoms with van der Waals surface area (Å²) in [6.07, 6.45) is 0.214. The van der Waals surface area contributed by atoms with E-state index in [9.17, 15) is 9.59 Å². The number of fused-ring (bicyclic) bond motifs is 1. The predicted octanol–water partition coefficient (Wildman–Crippen LogP) is 5.69. The molecule has 31 heavy (non-hydrogen) atoms. The van der Waals surface area contributed by atoms with Crippen molar-refractivity contribution in [1.82, 2.24) is 0 Å². The van der Waals surface area contributed by atoms with Crippen molar-refractivity contribution in [1.29, 1.82) is 0 Å². The lowest BCUT2D eigenvalue weighted by molar-refractivity contribution is -0.115. The highest BCUT2D eigenvalue weighted by molar-refractivity contribution is 6.30. The van der Waals surface area contributed by atoms with Crippen molar-refractivity contribution >= 4 is 34.2 Å². The van der Waals surface area contributed by atoms with Gasteiger partial charge in [0.05, 0.1) is 18.4 Å². The molecule has 0 fully saturated rings. The van der Waals surface area contributed by atoms with Crippen molar-refractivity contribution in [3.05, 3.63) is 93.6 Å². The molecule has 1 amide bonds. The Balaban J connectivity index is 1.58. The Morgan fingerprint density at radius 1 is 1.00 bits per heavy atom. The molecule has 0 bridgehead atoms. The average Bonchev–Trinajstić information content (AvgIpc) is 2.76. The molecule has 3 aromatic carbocycles. The number of nitrogens with one attached hydrogen (secondary N) is 1. The highest BCUT2D eigenvalue weighted by Crippen LogP contribution is 2.26. The zero-order chi connectivity index (χ0) is 21.8. The topological polar surface area (TPSA) is 68.5 Å². The molecule has 0 spiro atoms. The minimum Gasteiger partial charge on any atom is -0.494 e. The third-order valence-electron chi connectivity index (χ3n) is 4.74. The van der Waals surface area contributed by atoms with E-state index in [4.69, 9.17) is 20.8 Å². The van der Waals surface area contributed by atoms with Crippen LogP contribution in [-0.2, 0) is 11.2 Å². The minimum absolute atomic E-state index is 0.149. The summed E-state index contributed by atoms with van der Waals surface area (Å²) in [6.45, 7) is 2.50. The van der Waals surface area contributed by atoms with Crippen molar-refractivity contribution in [2.75, 3.05) is 11.9 Å². The number of ether oxygens (including phenoxy) is 1. The summed E-state index contributed by atoms with van der Waals surface area (Å²) in [5.41, 5.74) is 2.43. The van der Waals surface area contributed by atoms with Crippen LogP contribution in [0.1, 0.15) is 12.5 Å². The van der Waals surface area contributed by atoms with E-state index in [0.29, 0.717) is 34.0 Å². The van der Waals surface area contributed by atoms with Crippen LogP contribution in [0.5, 0.6) is 5.75 Å². The summed E-state index contributed by atoms with van der Waals surface area (Å²) < 4.78 is 11.4. The second-order valence-electron chi connectivity index (χ2n) is 6.99. The highest BCUT2D eigenvalue weighted by atomic mass is 35.5. The Kier molecular flexibility index (Phi) is 6.05. The van der Waals surface area contributed by atoms with Gasteiger partial charge in [-0.15, -0.1) is 0 Å². The second kappa shape index (κ2) is 9.06. The van der Waals surface area contributed by atoms with Crippen LogP contribution in [0.2, 0.25) is 5.02 Å². The number of benzene rings is 3. The van der Waals surface area contributed by atoms with Gasteiger partial charge in [-0.05, 0) is 61.0 Å². The van der Waals surface area contributed by atoms with Gasteiger partial charge in [0.1, 0.15) is 17.1 Å². The number of hydrogen-bond acceptors (Lipinski definition) is 4. The molecule has 0 unspecified atom stereocenters. The summed E-state index contributed by atoms with van der Waals surface area (Å²) in [4.78, 5) is 25.0. The quantitative estimate of drug-likeness (QED) is 0.424. The first-order valence-corrected chi connectivity index (χ1v) is 10.2. The molecular weight excluding hydrogens is 414 g/mol. The lowest BCUT2D eigenvalue weighted by Crippen LogP contribution is -2.14. The van der Waals surface area contributed by atoms with Crippen molar-refractivity contribution in [2.24, 2.45) is 0 Å². The first-order chi connectivity index (χ1) is 15.0. The Morgan fingerprint density at radius 3 is 2.45 bits per heavy atom. The molecule has 0 atom stereocenters. The average molecular weight is 434 g/mol. The number of hydrogen-bond donors (Lipinski definition) is 1. The molecule has 0 saturated carbocycles. The van der Waals surface area contributed by atoms with Crippen LogP contribution in [0.4, 0.5) is 5.69 Å². The van der Waals surface area contributed by atoms with E-state index in [1.165, 1.54) is 6.07 Å². The minimum atomic E-state index is -0.174. The molecule has 4 aromatic rings. The smallest absolute Gasteiger partial charge is 0.228 e. The first-order valence-electron chi connectivity index (χ1n) is 9.87. The van der Waals surface area contributed by atoms with E-state index >= 15 is 0 Å². The van der Waals surface area contributed by atoms with Crippen molar-refractivity contribution < 1.29 is 13.9 Å². The van der Waals surface area contributed by atoms with Gasteiger partial charge in [-0.2, -0.15) is 0 Å². The zero-order valence-corrected chi connectivity index (χ0v) is 17.6. The van der Waals surface area contributed by atoms with Gasteiger partial charge in [0.15, 0.2) is 5.43 Å². The van der Waals surface area contributed by atoms with Gasteiger partial charge < -0.3 is 14.5 Å². The number of carbonyl (C=O) groups excluding carboxylic acids is 1. The molecule has 5 nitrogen and oxygen atoms in total.